The summed E-state index contributed by atoms with van der Waals surface area (Å²) in [4.78, 5) is 22.9. The van der Waals surface area contributed by atoms with E-state index in [-0.39, 0.29) is 24.2 Å². The lowest BCUT2D eigenvalue weighted by Gasteiger charge is -2.09. The predicted octanol–water partition coefficient (Wildman–Crippen LogP) is 0.310. The minimum Gasteiger partial charge on any atom is -0.497 e. The van der Waals surface area contributed by atoms with Crippen LogP contribution in [0.1, 0.15) is 17.3 Å². The van der Waals surface area contributed by atoms with Crippen LogP contribution < -0.4 is 21.1 Å². The van der Waals surface area contributed by atoms with E-state index in [4.69, 9.17) is 10.5 Å². The zero-order chi connectivity index (χ0) is 14.3. The summed E-state index contributed by atoms with van der Waals surface area (Å²) in [6.07, 6.45) is 0. The Morgan fingerprint density at radius 3 is 2.25 bits per heavy atom. The van der Waals surface area contributed by atoms with Crippen molar-refractivity contribution in [2.45, 2.75) is 13.0 Å². The standard InChI is InChI=1S/C13H19N3O3.ClH/c1-9(14)12(17)15-7-8-16-13(18)10-3-5-11(19-2)6-4-10;/h3-6,9H,7-8,14H2,1-2H3,(H,15,17)(H,16,18);1H/t9-;/m1./s1. The minimum atomic E-state index is -0.544. The van der Waals surface area contributed by atoms with Crippen LogP contribution >= 0.6 is 12.4 Å². The van der Waals surface area contributed by atoms with E-state index in [0.29, 0.717) is 24.4 Å². The van der Waals surface area contributed by atoms with Crippen LogP contribution in [0.2, 0.25) is 0 Å². The fraction of sp³-hybridized carbons (Fsp3) is 0.385. The molecule has 0 aromatic heterocycles. The number of nitrogens with one attached hydrogen (secondary N) is 2. The van der Waals surface area contributed by atoms with E-state index < -0.39 is 6.04 Å². The van der Waals surface area contributed by atoms with E-state index in [1.165, 1.54) is 0 Å². The average molecular weight is 302 g/mol. The molecule has 20 heavy (non-hydrogen) atoms. The molecule has 0 unspecified atom stereocenters. The van der Waals surface area contributed by atoms with Gasteiger partial charge in [-0.15, -0.1) is 12.4 Å². The monoisotopic (exact) mass is 301 g/mol. The van der Waals surface area contributed by atoms with Crippen molar-refractivity contribution in [2.24, 2.45) is 5.73 Å². The third kappa shape index (κ3) is 5.90. The predicted molar refractivity (Wildman–Crippen MR) is 79.2 cm³/mol. The van der Waals surface area contributed by atoms with Gasteiger partial charge in [0.1, 0.15) is 5.75 Å². The Kier molecular flexibility index (Phi) is 8.35. The Balaban J connectivity index is 0.00000361. The molecule has 6 nitrogen and oxygen atoms in total. The van der Waals surface area contributed by atoms with Crippen LogP contribution in [0.25, 0.3) is 0 Å². The summed E-state index contributed by atoms with van der Waals surface area (Å²) in [5.74, 6) is 0.261. The van der Waals surface area contributed by atoms with Gasteiger partial charge in [0.2, 0.25) is 5.91 Å². The number of ether oxygens (including phenoxy) is 1. The number of halogens is 1. The molecule has 0 heterocycles. The number of methoxy groups -OCH3 is 1. The van der Waals surface area contributed by atoms with Crippen molar-refractivity contribution in [1.82, 2.24) is 10.6 Å². The number of carbonyl (C=O) groups is 2. The smallest absolute Gasteiger partial charge is 0.251 e. The van der Waals surface area contributed by atoms with Crippen LogP contribution in [-0.4, -0.2) is 38.1 Å². The van der Waals surface area contributed by atoms with Gasteiger partial charge in [-0.05, 0) is 31.2 Å². The van der Waals surface area contributed by atoms with Crippen molar-refractivity contribution in [3.8, 4) is 5.75 Å². The van der Waals surface area contributed by atoms with Gasteiger partial charge in [0.25, 0.3) is 5.91 Å². The molecule has 112 valence electrons. The lowest BCUT2D eigenvalue weighted by atomic mass is 10.2. The number of carbonyl (C=O) groups excluding carboxylic acids is 2. The number of nitrogens with two attached hydrogens (primary N) is 1. The summed E-state index contributed by atoms with van der Waals surface area (Å²) in [7, 11) is 1.57. The number of hydrogen-bond donors (Lipinski definition) is 3. The van der Waals surface area contributed by atoms with Gasteiger partial charge in [-0.2, -0.15) is 0 Å². The van der Waals surface area contributed by atoms with E-state index >= 15 is 0 Å². The van der Waals surface area contributed by atoms with Gasteiger partial charge in [0.05, 0.1) is 13.2 Å². The molecule has 2 amide bonds. The summed E-state index contributed by atoms with van der Waals surface area (Å²) in [6.45, 7) is 2.30. The van der Waals surface area contributed by atoms with Crippen molar-refractivity contribution in [3.05, 3.63) is 29.8 Å². The van der Waals surface area contributed by atoms with Crippen LogP contribution in [0, 0.1) is 0 Å². The van der Waals surface area contributed by atoms with E-state index in [0.717, 1.165) is 0 Å². The van der Waals surface area contributed by atoms with Gasteiger partial charge in [-0.25, -0.2) is 0 Å². The second-order valence-corrected chi connectivity index (χ2v) is 4.06. The van der Waals surface area contributed by atoms with Crippen molar-refractivity contribution in [1.29, 1.82) is 0 Å². The highest BCUT2D eigenvalue weighted by Gasteiger charge is 2.07. The molecular formula is C13H20ClN3O3. The van der Waals surface area contributed by atoms with Crippen LogP contribution in [-0.2, 0) is 4.79 Å². The topological polar surface area (TPSA) is 93.5 Å². The van der Waals surface area contributed by atoms with E-state index in [1.807, 2.05) is 0 Å². The Morgan fingerprint density at radius 1 is 1.20 bits per heavy atom. The first kappa shape index (κ1) is 18.2. The fourth-order valence-electron chi connectivity index (χ4n) is 1.37. The molecule has 0 aliphatic rings. The Bertz CT molecular complexity index is 435. The quantitative estimate of drug-likeness (QED) is 0.659. The number of amides is 2. The first-order valence-corrected chi connectivity index (χ1v) is 6.00. The molecule has 7 heteroatoms. The Labute approximate surface area is 124 Å². The maximum absolute atomic E-state index is 11.7. The second-order valence-electron chi connectivity index (χ2n) is 4.06. The molecule has 0 saturated heterocycles. The first-order valence-electron chi connectivity index (χ1n) is 6.00. The molecule has 1 aromatic carbocycles. The van der Waals surface area contributed by atoms with Gasteiger partial charge in [-0.3, -0.25) is 9.59 Å². The fourth-order valence-corrected chi connectivity index (χ4v) is 1.37. The molecule has 0 bridgehead atoms. The number of rotatable bonds is 6. The molecule has 0 aliphatic heterocycles. The highest BCUT2D eigenvalue weighted by molar-refractivity contribution is 5.94. The van der Waals surface area contributed by atoms with Crippen molar-refractivity contribution in [2.75, 3.05) is 20.2 Å². The SMILES string of the molecule is COc1ccc(C(=O)NCCNC(=O)[C@@H](C)N)cc1.Cl. The third-order valence-electron chi connectivity index (χ3n) is 2.48. The third-order valence-corrected chi connectivity index (χ3v) is 2.48. The van der Waals surface area contributed by atoms with Gasteiger partial charge in [0.15, 0.2) is 0 Å². The maximum Gasteiger partial charge on any atom is 0.251 e. The van der Waals surface area contributed by atoms with E-state index in [2.05, 4.69) is 10.6 Å². The van der Waals surface area contributed by atoms with Crippen molar-refractivity contribution in [3.63, 3.8) is 0 Å². The highest BCUT2D eigenvalue weighted by Crippen LogP contribution is 2.10. The van der Waals surface area contributed by atoms with E-state index in [9.17, 15) is 9.59 Å². The molecule has 0 spiro atoms. The molecule has 1 atom stereocenters. The summed E-state index contributed by atoms with van der Waals surface area (Å²) in [5.41, 5.74) is 5.93. The average Bonchev–Trinajstić information content (AvgIpc) is 2.43. The lowest BCUT2D eigenvalue weighted by Crippen LogP contribution is -2.42. The Hall–Kier alpha value is -1.79. The molecular weight excluding hydrogens is 282 g/mol. The maximum atomic E-state index is 11.7. The van der Waals surface area contributed by atoms with Gasteiger partial charge >= 0.3 is 0 Å². The number of benzene rings is 1. The molecule has 1 rings (SSSR count). The normalized spacial score (nSPS) is 10.9. The highest BCUT2D eigenvalue weighted by atomic mass is 35.5. The van der Waals surface area contributed by atoms with Crippen LogP contribution in [0.15, 0.2) is 24.3 Å². The lowest BCUT2D eigenvalue weighted by molar-refractivity contribution is -0.121. The summed E-state index contributed by atoms with van der Waals surface area (Å²) < 4.78 is 5.01. The summed E-state index contributed by atoms with van der Waals surface area (Å²) in [6, 6.07) is 6.24. The zero-order valence-corrected chi connectivity index (χ0v) is 12.3. The largest absolute Gasteiger partial charge is 0.497 e. The molecule has 0 aliphatic carbocycles. The van der Waals surface area contributed by atoms with E-state index in [1.54, 1.807) is 38.3 Å². The molecule has 4 N–H and O–H groups in total. The molecule has 0 saturated carbocycles. The first-order chi connectivity index (χ1) is 9.04. The Morgan fingerprint density at radius 2 is 1.75 bits per heavy atom. The summed E-state index contributed by atoms with van der Waals surface area (Å²) in [5, 5.41) is 5.30. The zero-order valence-electron chi connectivity index (χ0n) is 11.5. The molecule has 0 radical (unpaired) electrons. The van der Waals surface area contributed by atoms with Crippen molar-refractivity contribution >= 4 is 24.2 Å². The van der Waals surface area contributed by atoms with Crippen LogP contribution in [0.5, 0.6) is 5.75 Å². The number of hydrogen-bond acceptors (Lipinski definition) is 4. The minimum absolute atomic E-state index is 0. The van der Waals surface area contributed by atoms with Crippen molar-refractivity contribution < 1.29 is 14.3 Å². The van der Waals surface area contributed by atoms with Gasteiger partial charge in [-0.1, -0.05) is 0 Å². The van der Waals surface area contributed by atoms with Gasteiger partial charge < -0.3 is 21.1 Å². The van der Waals surface area contributed by atoms with Crippen LogP contribution in [0.3, 0.4) is 0 Å². The molecule has 0 fully saturated rings. The summed E-state index contributed by atoms with van der Waals surface area (Å²) >= 11 is 0. The second kappa shape index (κ2) is 9.17. The van der Waals surface area contributed by atoms with Crippen LogP contribution in [0.4, 0.5) is 0 Å². The van der Waals surface area contributed by atoms with Gasteiger partial charge in [0, 0.05) is 18.7 Å². The molecule has 1 aromatic rings.